The van der Waals surface area contributed by atoms with Crippen LogP contribution in [0.5, 0.6) is 0 Å². The van der Waals surface area contributed by atoms with Crippen molar-refractivity contribution in [3.63, 3.8) is 0 Å². The molecule has 18 nitrogen and oxygen atoms in total. The second-order valence-corrected chi connectivity index (χ2v) is 34.9. The number of pyridine rings is 6. The third kappa shape index (κ3) is 12.4. The van der Waals surface area contributed by atoms with Crippen molar-refractivity contribution in [3.05, 3.63) is 462 Å². The van der Waals surface area contributed by atoms with Gasteiger partial charge in [-0.25, -0.2) is 4.98 Å². The Morgan fingerprint density at radius 1 is 0.213 bits per heavy atom. The van der Waals surface area contributed by atoms with Crippen LogP contribution in [0.25, 0.3) is 279 Å². The van der Waals surface area contributed by atoms with Gasteiger partial charge in [0.15, 0.2) is 22.7 Å². The Kier molecular flexibility index (Phi) is 18.3. The fourth-order valence-electron chi connectivity index (χ4n) is 21.4. The highest BCUT2D eigenvalue weighted by molar-refractivity contribution is 6.28. The van der Waals surface area contributed by atoms with Gasteiger partial charge in [-0.1, -0.05) is 232 Å². The van der Waals surface area contributed by atoms with Crippen LogP contribution >= 0.6 is 0 Å². The molecule has 0 saturated carbocycles. The Morgan fingerprint density at radius 2 is 0.518 bits per heavy atom. The van der Waals surface area contributed by atoms with Crippen LogP contribution in [0.1, 0.15) is 5.56 Å². The van der Waals surface area contributed by atoms with E-state index in [-0.39, 0.29) is 34.3 Å². The maximum atomic E-state index is 10.2. The van der Waals surface area contributed by atoms with Crippen molar-refractivity contribution in [2.45, 2.75) is 0 Å². The topological polar surface area (TPSA) is 141 Å². The van der Waals surface area contributed by atoms with Gasteiger partial charge in [-0.05, 0) is 215 Å². The number of nitriles is 1. The quantitative estimate of drug-likeness (QED) is 0.0841. The Morgan fingerprint density at radius 3 is 0.950 bits per heavy atom. The van der Waals surface area contributed by atoms with Crippen molar-refractivity contribution in [3.8, 4) is 6.07 Å². The molecule has 0 bridgehead atoms. The van der Waals surface area contributed by atoms with Gasteiger partial charge in [0.2, 0.25) is 16.9 Å². The predicted molar refractivity (Wildman–Crippen MR) is 575 cm³/mol. The molecule has 0 amide bonds. The van der Waals surface area contributed by atoms with Crippen LogP contribution in [0.2, 0.25) is 0 Å². The number of fused-ring (bicyclic) bond motifs is 45. The van der Waals surface area contributed by atoms with E-state index >= 15 is 0 Å². The average Bonchev–Trinajstić information content (AvgIpc) is 1.67. The minimum atomic E-state index is -0.0646. The summed E-state index contributed by atoms with van der Waals surface area (Å²) in [5, 5.41) is 39.8. The van der Waals surface area contributed by atoms with Crippen molar-refractivity contribution < 1.29 is 0 Å². The number of benzene rings is 17. The Hall–Kier alpha value is -21.0. The molecule has 30 rings (SSSR count). The van der Waals surface area contributed by atoms with Crippen LogP contribution in [0.15, 0.2) is 377 Å². The molecule has 0 atom stereocenters. The first-order valence-electron chi connectivity index (χ1n) is 45.4. The highest BCUT2D eigenvalue weighted by Gasteiger charge is 2.29. The molecule has 18 heteroatoms. The fraction of sp³-hybridized carbons (Fsp3) is 0. The number of para-hydroxylation sites is 5. The summed E-state index contributed by atoms with van der Waals surface area (Å²) in [6.45, 7) is 53.3. The number of hydrogen-bond acceptors (Lipinski definition) is 6. The minimum absolute atomic E-state index is 0.0340. The van der Waals surface area contributed by atoms with E-state index in [0.717, 1.165) is 147 Å². The Bertz CT molecular complexity index is 10800. The molecule has 0 N–H and O–H groups in total. The standard InChI is InChI=1S/C28H11N5.C26H13N3.C24H11N5.C23H14N2.C22H13N3/c1-30-25-21(15-29)28-24(26(31-2)27(25)32-3)20-13-17-9-5-4-8-16(17)12-19(20)23-14-18-10-6-7-11-22(18)33(23)28;1-27-22-14-21-19-11-16-7-3-4-8-17(16)12-20(19)25-13-18-9-5-6-10-24(18)29(25)26(21)15-23(22)28-2;1-25-22-23(26-2)28-24-21(27-22)18-12-15-8-4-3-7-14(15)11-17(18)20-13-16-9-5-6-10-19(16)29(20)24;1-2-7-16-13-19-18(12-15(16)6-1)22-14-17-8-3-4-9-20(17)25(22)21-10-5-11-24-23(19)21;1-2-6-15-12-18-17(11-14(15)5-1)20-13-16-7-3-4-8-19(16)25(20)22-21(18)23-9-10-24-22/h4-14H;3-15H;3-13H;1-14H;1-13H. The lowest BCUT2D eigenvalue weighted by Crippen LogP contribution is -1.96. The summed E-state index contributed by atoms with van der Waals surface area (Å²) in [5.74, 6) is 0.0736. The summed E-state index contributed by atoms with van der Waals surface area (Å²) in [6.07, 6.45) is 5.42. The lowest BCUT2D eigenvalue weighted by Gasteiger charge is -2.16. The monoisotopic (exact) mass is 1790 g/mol. The lowest BCUT2D eigenvalue weighted by atomic mass is 9.95. The summed E-state index contributed by atoms with van der Waals surface area (Å²) < 4.78 is 10.8. The lowest BCUT2D eigenvalue weighted by molar-refractivity contribution is 1.20. The average molecular weight is 1790 g/mol. The van der Waals surface area contributed by atoms with Crippen molar-refractivity contribution in [1.82, 2.24) is 46.9 Å². The molecule has 0 radical (unpaired) electrons. The van der Waals surface area contributed by atoms with Gasteiger partial charge in [0.25, 0.3) is 17.3 Å². The maximum absolute atomic E-state index is 10.2. The Balaban J connectivity index is 0.0000000908. The number of nitrogens with zero attached hydrogens (tertiary/aromatic N) is 18. The largest absolute Gasteiger partial charge is 0.370 e. The smallest absolute Gasteiger partial charge is 0.295 e. The van der Waals surface area contributed by atoms with Crippen molar-refractivity contribution in [1.29, 1.82) is 5.26 Å². The van der Waals surface area contributed by atoms with Crippen LogP contribution in [-0.4, -0.2) is 46.9 Å². The van der Waals surface area contributed by atoms with Gasteiger partial charge in [0, 0.05) is 99.6 Å². The van der Waals surface area contributed by atoms with E-state index in [4.69, 9.17) is 51.0 Å². The second kappa shape index (κ2) is 31.9. The molecule has 30 aromatic rings. The van der Waals surface area contributed by atoms with Crippen LogP contribution in [0.3, 0.4) is 0 Å². The molecule has 0 aliphatic rings. The SMILES string of the molecule is [C-]#[N+]c1c([N+]#[C-])c(C#N)c2c(c1[N+]#[C-])c1cc3ccccc3cc1c1cc3ccccc3n12.[C-]#[N+]c1cc2c3cc4ccccc4cc3c3cc4ccccc4n3c2cc1[N+]#[C-].[C-]#[N+]c1nc2c3cc4ccccc4cc3c3cc4ccccc4n3c2nc1[N+]#[C-].c1ccc2cc3c(cc2c1)c1ncccc1n1c2ccccc2cc31.c1ccc2cc3c(cc2c1)c1nccnc1n1c2ccccc2cc31. The zero-order valence-corrected chi connectivity index (χ0v) is 74.3. The van der Waals surface area contributed by atoms with Gasteiger partial charge in [-0.3, -0.25) is 43.0 Å². The molecule has 0 saturated heterocycles. The summed E-state index contributed by atoms with van der Waals surface area (Å²) in [7, 11) is 0. The number of aromatic nitrogens is 10. The van der Waals surface area contributed by atoms with E-state index in [1.54, 1.807) is 12.4 Å². The summed E-state index contributed by atoms with van der Waals surface area (Å²) >= 11 is 0. The molecular formula is C123H62N18. The first-order chi connectivity index (χ1) is 69.6. The highest BCUT2D eigenvalue weighted by Crippen LogP contribution is 2.52. The molecule has 0 aliphatic carbocycles. The van der Waals surface area contributed by atoms with Crippen LogP contribution in [0.4, 0.5) is 40.1 Å². The third-order valence-corrected chi connectivity index (χ3v) is 27.5. The van der Waals surface area contributed by atoms with Crippen LogP contribution < -0.4 is 0 Å². The van der Waals surface area contributed by atoms with Crippen LogP contribution in [-0.2, 0) is 0 Å². The molecule has 0 fully saturated rings. The van der Waals surface area contributed by atoms with Gasteiger partial charge in [-0.15, -0.1) is 9.97 Å². The minimum Gasteiger partial charge on any atom is -0.370 e. The first kappa shape index (κ1) is 80.8. The van der Waals surface area contributed by atoms with Gasteiger partial charge in [-0.2, -0.15) is 5.26 Å². The Labute approximate surface area is 800 Å². The molecule has 13 heterocycles. The summed E-state index contributed by atoms with van der Waals surface area (Å²) in [4.78, 5) is 48.1. The third-order valence-electron chi connectivity index (χ3n) is 27.5. The van der Waals surface area contributed by atoms with Gasteiger partial charge in [0.1, 0.15) is 5.52 Å². The second-order valence-electron chi connectivity index (χ2n) is 34.9. The van der Waals surface area contributed by atoms with Gasteiger partial charge < -0.3 is 22.9 Å². The zero-order chi connectivity index (χ0) is 94.5. The van der Waals surface area contributed by atoms with E-state index in [9.17, 15) is 5.26 Å². The van der Waals surface area contributed by atoms with E-state index < -0.39 is 0 Å². The first-order valence-corrected chi connectivity index (χ1v) is 45.4. The molecule has 644 valence electrons. The van der Waals surface area contributed by atoms with E-state index in [1.165, 1.54) is 75.8 Å². The fourth-order valence-corrected chi connectivity index (χ4v) is 21.4. The predicted octanol–water partition coefficient (Wildman–Crippen LogP) is 33.5. The van der Waals surface area contributed by atoms with Gasteiger partial charge >= 0.3 is 0 Å². The number of hydrogen-bond donors (Lipinski definition) is 0. The van der Waals surface area contributed by atoms with Gasteiger partial charge in [0.05, 0.1) is 111 Å². The normalized spacial score (nSPS) is 11.5. The summed E-state index contributed by atoms with van der Waals surface area (Å²) in [6, 6.07) is 126. The zero-order valence-electron chi connectivity index (χ0n) is 74.3. The molecular weight excluding hydrogens is 1730 g/mol. The highest BCUT2D eigenvalue weighted by atomic mass is 15.1. The summed E-state index contributed by atoms with van der Waals surface area (Å²) in [5.41, 5.74) is 18.5. The molecule has 141 heavy (non-hydrogen) atoms. The van der Waals surface area contributed by atoms with Crippen molar-refractivity contribution >= 4 is 285 Å². The molecule has 0 unspecified atom stereocenters. The van der Waals surface area contributed by atoms with Crippen molar-refractivity contribution in [2.24, 2.45) is 0 Å². The van der Waals surface area contributed by atoms with E-state index in [0.29, 0.717) is 33.4 Å². The molecule has 0 spiro atoms. The van der Waals surface area contributed by atoms with E-state index in [2.05, 4.69) is 314 Å². The maximum Gasteiger partial charge on any atom is 0.295 e. The molecule has 17 aromatic carbocycles. The van der Waals surface area contributed by atoms with E-state index in [1.807, 2.05) is 132 Å². The molecule has 0 aliphatic heterocycles. The van der Waals surface area contributed by atoms with Crippen molar-refractivity contribution in [2.75, 3.05) is 0 Å². The molecule has 13 aromatic heterocycles. The van der Waals surface area contributed by atoms with Crippen LogP contribution in [0, 0.1) is 57.3 Å². The number of rotatable bonds is 0.